The Balaban J connectivity index is 1.81. The van der Waals surface area contributed by atoms with E-state index in [-0.39, 0.29) is 5.57 Å². The van der Waals surface area contributed by atoms with Gasteiger partial charge in [0.25, 0.3) is 5.91 Å². The third-order valence-electron chi connectivity index (χ3n) is 3.32. The van der Waals surface area contributed by atoms with Crippen molar-refractivity contribution in [1.29, 1.82) is 5.26 Å². The lowest BCUT2D eigenvalue weighted by atomic mass is 10.1. The molecule has 1 aliphatic rings. The summed E-state index contributed by atoms with van der Waals surface area (Å²) in [6.45, 7) is 0.980. The fraction of sp³-hybridized carbons (Fsp3) is 0.111. The van der Waals surface area contributed by atoms with E-state index in [1.165, 1.54) is 6.08 Å². The average molecular weight is 341 g/mol. The van der Waals surface area contributed by atoms with Gasteiger partial charge in [-0.1, -0.05) is 23.7 Å². The molecule has 6 heteroatoms. The van der Waals surface area contributed by atoms with Crippen LogP contribution >= 0.6 is 11.6 Å². The molecule has 0 fully saturated rings. The van der Waals surface area contributed by atoms with Gasteiger partial charge in [-0.15, -0.1) is 0 Å². The number of carbonyl (C=O) groups is 1. The number of hydrogen-bond acceptors (Lipinski definition) is 4. The Morgan fingerprint density at radius 1 is 1.17 bits per heavy atom. The predicted molar refractivity (Wildman–Crippen MR) is 91.1 cm³/mol. The summed E-state index contributed by atoms with van der Waals surface area (Å²) < 4.78 is 10.9. The molecule has 24 heavy (non-hydrogen) atoms. The Labute approximate surface area is 144 Å². The lowest BCUT2D eigenvalue weighted by Crippen LogP contribution is -2.15. The minimum Gasteiger partial charge on any atom is -0.486 e. The molecule has 5 nitrogen and oxygen atoms in total. The van der Waals surface area contributed by atoms with Crippen molar-refractivity contribution in [1.82, 2.24) is 0 Å². The third-order valence-corrected chi connectivity index (χ3v) is 3.56. The van der Waals surface area contributed by atoms with Crippen LogP contribution in [0.3, 0.4) is 0 Å². The first-order valence-corrected chi connectivity index (χ1v) is 7.62. The van der Waals surface area contributed by atoms with E-state index in [1.54, 1.807) is 42.5 Å². The maximum atomic E-state index is 12.2. The van der Waals surface area contributed by atoms with Crippen LogP contribution in [0.1, 0.15) is 5.56 Å². The summed E-state index contributed by atoms with van der Waals surface area (Å²) in [6.07, 6.45) is 1.50. The van der Waals surface area contributed by atoms with E-state index in [1.807, 2.05) is 6.07 Å². The maximum Gasteiger partial charge on any atom is 0.266 e. The first kappa shape index (κ1) is 15.9. The largest absolute Gasteiger partial charge is 0.486 e. The second kappa shape index (κ2) is 7.07. The number of benzene rings is 2. The number of nitrogens with one attached hydrogen (secondary N) is 1. The van der Waals surface area contributed by atoms with Gasteiger partial charge in [-0.2, -0.15) is 5.26 Å². The first-order chi connectivity index (χ1) is 11.7. The van der Waals surface area contributed by atoms with E-state index >= 15 is 0 Å². The van der Waals surface area contributed by atoms with Gasteiger partial charge < -0.3 is 14.8 Å². The van der Waals surface area contributed by atoms with Gasteiger partial charge in [0.15, 0.2) is 11.5 Å². The number of rotatable bonds is 3. The number of ether oxygens (including phenoxy) is 2. The number of nitrogens with zero attached hydrogens (tertiary/aromatic N) is 1. The molecule has 0 saturated heterocycles. The molecule has 0 bridgehead atoms. The summed E-state index contributed by atoms with van der Waals surface area (Å²) in [6, 6.07) is 13.9. The van der Waals surface area contributed by atoms with Crippen molar-refractivity contribution in [3.63, 3.8) is 0 Å². The molecule has 1 heterocycles. The number of carbonyl (C=O) groups excluding carboxylic acids is 1. The number of fused-ring (bicyclic) bond motifs is 1. The van der Waals surface area contributed by atoms with Gasteiger partial charge in [-0.3, -0.25) is 4.79 Å². The van der Waals surface area contributed by atoms with Crippen LogP contribution < -0.4 is 14.8 Å². The van der Waals surface area contributed by atoms with Crippen LogP contribution in [0.25, 0.3) is 6.08 Å². The topological polar surface area (TPSA) is 71.3 Å². The zero-order valence-electron chi connectivity index (χ0n) is 12.6. The average Bonchev–Trinajstić information content (AvgIpc) is 2.59. The van der Waals surface area contributed by atoms with Crippen molar-refractivity contribution in [3.05, 3.63) is 58.6 Å². The van der Waals surface area contributed by atoms with E-state index in [0.29, 0.717) is 41.0 Å². The van der Waals surface area contributed by atoms with Crippen LogP contribution in [-0.2, 0) is 4.79 Å². The summed E-state index contributed by atoms with van der Waals surface area (Å²) in [5.74, 6) is 0.748. The molecule has 0 aromatic heterocycles. The second-order valence-corrected chi connectivity index (χ2v) is 5.47. The van der Waals surface area contributed by atoms with E-state index in [9.17, 15) is 10.1 Å². The quantitative estimate of drug-likeness (QED) is 0.683. The second-order valence-electron chi connectivity index (χ2n) is 5.04. The van der Waals surface area contributed by atoms with Gasteiger partial charge >= 0.3 is 0 Å². The smallest absolute Gasteiger partial charge is 0.266 e. The number of amides is 1. The Bertz CT molecular complexity index is 856. The van der Waals surface area contributed by atoms with Crippen molar-refractivity contribution in [3.8, 4) is 17.6 Å². The maximum absolute atomic E-state index is 12.2. The molecule has 1 aliphatic heterocycles. The molecule has 0 spiro atoms. The molecular weight excluding hydrogens is 328 g/mol. The Hall–Kier alpha value is -2.97. The summed E-state index contributed by atoms with van der Waals surface area (Å²) in [7, 11) is 0. The lowest BCUT2D eigenvalue weighted by molar-refractivity contribution is -0.112. The van der Waals surface area contributed by atoms with Crippen LogP contribution in [0.4, 0.5) is 5.69 Å². The van der Waals surface area contributed by atoms with Gasteiger partial charge in [-0.25, -0.2) is 0 Å². The fourth-order valence-electron chi connectivity index (χ4n) is 2.23. The number of anilines is 1. The highest BCUT2D eigenvalue weighted by Gasteiger charge is 2.13. The van der Waals surface area contributed by atoms with Crippen LogP contribution in [0.2, 0.25) is 5.02 Å². The number of hydrogen-bond donors (Lipinski definition) is 1. The molecule has 2 aromatic carbocycles. The summed E-state index contributed by atoms with van der Waals surface area (Å²) >= 11 is 5.88. The monoisotopic (exact) mass is 340 g/mol. The lowest BCUT2D eigenvalue weighted by Gasteiger charge is -2.18. The van der Waals surface area contributed by atoms with E-state index in [0.717, 1.165) is 0 Å². The zero-order valence-corrected chi connectivity index (χ0v) is 13.3. The Kier molecular flexibility index (Phi) is 4.69. The molecule has 0 unspecified atom stereocenters. The predicted octanol–water partition coefficient (Wildman–Crippen LogP) is 3.66. The minimum atomic E-state index is -0.505. The van der Waals surface area contributed by atoms with Crippen molar-refractivity contribution < 1.29 is 14.3 Å². The van der Waals surface area contributed by atoms with Crippen molar-refractivity contribution in [2.75, 3.05) is 18.5 Å². The molecule has 0 aliphatic carbocycles. The molecular formula is C18H13ClN2O3. The molecule has 0 saturated carbocycles. The normalized spacial score (nSPS) is 13.1. The van der Waals surface area contributed by atoms with Crippen molar-refractivity contribution in [2.45, 2.75) is 0 Å². The third kappa shape index (κ3) is 3.67. The van der Waals surface area contributed by atoms with E-state index in [2.05, 4.69) is 5.32 Å². The molecule has 1 N–H and O–H groups in total. The van der Waals surface area contributed by atoms with Gasteiger partial charge in [0.2, 0.25) is 0 Å². The van der Waals surface area contributed by atoms with Crippen LogP contribution in [0.5, 0.6) is 11.5 Å². The molecule has 2 aromatic rings. The molecule has 120 valence electrons. The van der Waals surface area contributed by atoms with Gasteiger partial charge in [0.1, 0.15) is 24.9 Å². The van der Waals surface area contributed by atoms with Crippen LogP contribution in [-0.4, -0.2) is 19.1 Å². The van der Waals surface area contributed by atoms with Gasteiger partial charge in [-0.05, 0) is 42.0 Å². The SMILES string of the molecule is N#CC(=Cc1ccc2c(c1)OCCO2)C(=O)Nc1cccc(Cl)c1. The fourth-order valence-corrected chi connectivity index (χ4v) is 2.42. The molecule has 3 rings (SSSR count). The summed E-state index contributed by atoms with van der Waals surface area (Å²) in [5.41, 5.74) is 1.18. The highest BCUT2D eigenvalue weighted by molar-refractivity contribution is 6.31. The highest BCUT2D eigenvalue weighted by atomic mass is 35.5. The Morgan fingerprint density at radius 2 is 1.96 bits per heavy atom. The standard InChI is InChI=1S/C18H13ClN2O3/c19-14-2-1-3-15(10-14)21-18(22)13(11-20)8-12-4-5-16-17(9-12)24-7-6-23-16/h1-5,8-10H,6-7H2,(H,21,22). The van der Waals surface area contributed by atoms with E-state index in [4.69, 9.17) is 21.1 Å². The van der Waals surface area contributed by atoms with Crippen molar-refractivity contribution >= 4 is 29.3 Å². The number of halogens is 1. The summed E-state index contributed by atoms with van der Waals surface area (Å²) in [5, 5.41) is 12.4. The highest BCUT2D eigenvalue weighted by Crippen LogP contribution is 2.31. The zero-order chi connectivity index (χ0) is 16.9. The minimum absolute atomic E-state index is 0.0216. The van der Waals surface area contributed by atoms with Gasteiger partial charge in [0.05, 0.1) is 0 Å². The van der Waals surface area contributed by atoms with Crippen LogP contribution in [0.15, 0.2) is 48.0 Å². The van der Waals surface area contributed by atoms with E-state index < -0.39 is 5.91 Å². The number of nitriles is 1. The molecule has 0 radical (unpaired) electrons. The molecule has 0 atom stereocenters. The van der Waals surface area contributed by atoms with Crippen LogP contribution in [0, 0.1) is 11.3 Å². The summed E-state index contributed by atoms with van der Waals surface area (Å²) in [4.78, 5) is 12.2. The Morgan fingerprint density at radius 3 is 2.71 bits per heavy atom. The first-order valence-electron chi connectivity index (χ1n) is 7.24. The van der Waals surface area contributed by atoms with Crippen molar-refractivity contribution in [2.24, 2.45) is 0 Å². The molecule has 1 amide bonds. The van der Waals surface area contributed by atoms with Gasteiger partial charge in [0, 0.05) is 10.7 Å².